The van der Waals surface area contributed by atoms with E-state index in [0.29, 0.717) is 17.9 Å². The van der Waals surface area contributed by atoms with Crippen molar-refractivity contribution >= 4 is 29.3 Å². The summed E-state index contributed by atoms with van der Waals surface area (Å²) < 4.78 is 13.5. The average molecular weight is 350 g/mol. The molecular formula is C18H17ClFNOS. The SMILES string of the molecule is O=C(CCc1ccc(Cl)cc1)N[C@H]1CCSc2ccc(F)cc21. The first kappa shape index (κ1) is 16.3. The molecule has 1 N–H and O–H groups in total. The van der Waals surface area contributed by atoms with Crippen LogP contribution in [0.15, 0.2) is 47.4 Å². The van der Waals surface area contributed by atoms with Crippen LogP contribution in [-0.4, -0.2) is 11.7 Å². The number of carbonyl (C=O) groups is 1. The topological polar surface area (TPSA) is 29.1 Å². The predicted molar refractivity (Wildman–Crippen MR) is 92.4 cm³/mol. The van der Waals surface area contributed by atoms with Gasteiger partial charge < -0.3 is 5.32 Å². The molecule has 0 unspecified atom stereocenters. The fourth-order valence-electron chi connectivity index (χ4n) is 2.69. The van der Waals surface area contributed by atoms with Gasteiger partial charge >= 0.3 is 0 Å². The third-order valence-electron chi connectivity index (χ3n) is 3.90. The van der Waals surface area contributed by atoms with Gasteiger partial charge in [-0.25, -0.2) is 4.39 Å². The van der Waals surface area contributed by atoms with Crippen molar-refractivity contribution in [2.45, 2.75) is 30.2 Å². The van der Waals surface area contributed by atoms with Gasteiger partial charge in [-0.15, -0.1) is 11.8 Å². The molecule has 2 aromatic carbocycles. The number of fused-ring (bicyclic) bond motifs is 1. The molecule has 0 fully saturated rings. The van der Waals surface area contributed by atoms with Gasteiger partial charge in [-0.2, -0.15) is 0 Å². The van der Waals surface area contributed by atoms with Crippen molar-refractivity contribution in [3.05, 3.63) is 64.4 Å². The van der Waals surface area contributed by atoms with Crippen molar-refractivity contribution in [3.63, 3.8) is 0 Å². The number of benzene rings is 2. The number of nitrogens with one attached hydrogen (secondary N) is 1. The molecule has 0 saturated carbocycles. The summed E-state index contributed by atoms with van der Waals surface area (Å²) in [6.07, 6.45) is 1.91. The normalized spacial score (nSPS) is 16.7. The van der Waals surface area contributed by atoms with Gasteiger partial charge in [0.15, 0.2) is 0 Å². The largest absolute Gasteiger partial charge is 0.349 e. The molecule has 0 saturated heterocycles. The Bertz CT molecular complexity index is 705. The average Bonchev–Trinajstić information content (AvgIpc) is 2.55. The fourth-order valence-corrected chi connectivity index (χ4v) is 3.92. The van der Waals surface area contributed by atoms with Crippen LogP contribution < -0.4 is 5.32 Å². The number of thioether (sulfide) groups is 1. The molecule has 0 aliphatic carbocycles. The Morgan fingerprint density at radius 3 is 2.83 bits per heavy atom. The van der Waals surface area contributed by atoms with Crippen LogP contribution in [0.4, 0.5) is 4.39 Å². The van der Waals surface area contributed by atoms with Gasteiger partial charge in [0.25, 0.3) is 0 Å². The van der Waals surface area contributed by atoms with E-state index in [9.17, 15) is 9.18 Å². The van der Waals surface area contributed by atoms with E-state index in [2.05, 4.69) is 5.32 Å². The van der Waals surface area contributed by atoms with Crippen molar-refractivity contribution in [1.29, 1.82) is 0 Å². The Balaban J connectivity index is 1.60. The van der Waals surface area contributed by atoms with Gasteiger partial charge in [-0.1, -0.05) is 23.7 Å². The van der Waals surface area contributed by atoms with Crippen LogP contribution >= 0.6 is 23.4 Å². The van der Waals surface area contributed by atoms with E-state index in [-0.39, 0.29) is 17.8 Å². The maximum Gasteiger partial charge on any atom is 0.220 e. The third kappa shape index (κ3) is 4.27. The number of carbonyl (C=O) groups excluding carboxylic acids is 1. The van der Waals surface area contributed by atoms with Gasteiger partial charge in [0.1, 0.15) is 5.82 Å². The summed E-state index contributed by atoms with van der Waals surface area (Å²) in [7, 11) is 0. The van der Waals surface area contributed by atoms with Crippen LogP contribution in [0, 0.1) is 5.82 Å². The first-order valence-electron chi connectivity index (χ1n) is 7.58. The molecule has 2 nitrogen and oxygen atoms in total. The summed E-state index contributed by atoms with van der Waals surface area (Å²) in [4.78, 5) is 13.3. The summed E-state index contributed by atoms with van der Waals surface area (Å²) in [5.74, 6) is 0.666. The van der Waals surface area contributed by atoms with Crippen molar-refractivity contribution in [3.8, 4) is 0 Å². The lowest BCUT2D eigenvalue weighted by Crippen LogP contribution is -2.30. The Hall–Kier alpha value is -1.52. The molecule has 120 valence electrons. The van der Waals surface area contributed by atoms with Crippen LogP contribution in [0.1, 0.15) is 30.0 Å². The van der Waals surface area contributed by atoms with Gasteiger partial charge in [-0.05, 0) is 54.3 Å². The number of amides is 1. The quantitative estimate of drug-likeness (QED) is 0.861. The molecule has 23 heavy (non-hydrogen) atoms. The highest BCUT2D eigenvalue weighted by Crippen LogP contribution is 2.36. The summed E-state index contributed by atoms with van der Waals surface area (Å²) in [6.45, 7) is 0. The first-order chi connectivity index (χ1) is 11.1. The summed E-state index contributed by atoms with van der Waals surface area (Å²) in [5, 5.41) is 3.73. The summed E-state index contributed by atoms with van der Waals surface area (Å²) >= 11 is 7.56. The minimum atomic E-state index is -0.258. The van der Waals surface area contributed by atoms with Crippen LogP contribution in [0.2, 0.25) is 5.02 Å². The molecule has 2 aromatic rings. The first-order valence-corrected chi connectivity index (χ1v) is 8.94. The lowest BCUT2D eigenvalue weighted by Gasteiger charge is -2.26. The predicted octanol–water partition coefficient (Wildman–Crippen LogP) is 4.77. The van der Waals surface area contributed by atoms with E-state index in [1.807, 2.05) is 24.3 Å². The van der Waals surface area contributed by atoms with Crippen LogP contribution in [0.5, 0.6) is 0 Å². The monoisotopic (exact) mass is 349 g/mol. The van der Waals surface area contributed by atoms with Crippen LogP contribution in [0.25, 0.3) is 0 Å². The minimum absolute atomic E-state index is 0.00735. The van der Waals surface area contributed by atoms with Gasteiger partial charge in [0.2, 0.25) is 5.91 Å². The Labute approximate surface area is 144 Å². The van der Waals surface area contributed by atoms with Crippen molar-refractivity contribution in [2.24, 2.45) is 0 Å². The summed E-state index contributed by atoms with van der Waals surface area (Å²) in [6, 6.07) is 12.2. The molecule has 1 aliphatic heterocycles. The highest BCUT2D eigenvalue weighted by Gasteiger charge is 2.22. The molecule has 0 radical (unpaired) electrons. The van der Waals surface area contributed by atoms with E-state index < -0.39 is 0 Å². The zero-order chi connectivity index (χ0) is 16.2. The third-order valence-corrected chi connectivity index (χ3v) is 5.28. The highest BCUT2D eigenvalue weighted by atomic mass is 35.5. The number of rotatable bonds is 4. The molecule has 3 rings (SSSR count). The number of halogens is 2. The molecule has 1 aliphatic rings. The molecule has 1 atom stereocenters. The molecule has 0 spiro atoms. The Morgan fingerprint density at radius 2 is 2.04 bits per heavy atom. The minimum Gasteiger partial charge on any atom is -0.349 e. The lowest BCUT2D eigenvalue weighted by molar-refractivity contribution is -0.121. The van der Waals surface area contributed by atoms with Crippen molar-refractivity contribution < 1.29 is 9.18 Å². The van der Waals surface area contributed by atoms with Crippen LogP contribution in [-0.2, 0) is 11.2 Å². The van der Waals surface area contributed by atoms with E-state index >= 15 is 0 Å². The Morgan fingerprint density at radius 1 is 1.26 bits per heavy atom. The second-order valence-electron chi connectivity index (χ2n) is 5.57. The standard InChI is InChI=1S/C18H17ClFNOS/c19-13-4-1-12(2-5-13)3-8-18(22)21-16-9-10-23-17-7-6-14(20)11-15(16)17/h1-2,4-7,11,16H,3,8-10H2,(H,21,22)/t16-/m0/s1. The van der Waals surface area contributed by atoms with Gasteiger partial charge in [0.05, 0.1) is 6.04 Å². The zero-order valence-electron chi connectivity index (χ0n) is 12.5. The highest BCUT2D eigenvalue weighted by molar-refractivity contribution is 7.99. The zero-order valence-corrected chi connectivity index (χ0v) is 14.1. The number of aryl methyl sites for hydroxylation is 1. The maximum absolute atomic E-state index is 13.5. The van der Waals surface area contributed by atoms with E-state index in [0.717, 1.165) is 28.2 Å². The Kier molecular flexibility index (Phi) is 5.23. The number of hydrogen-bond acceptors (Lipinski definition) is 2. The second kappa shape index (κ2) is 7.37. The fraction of sp³-hybridized carbons (Fsp3) is 0.278. The molecular weight excluding hydrogens is 333 g/mol. The van der Waals surface area contributed by atoms with E-state index in [1.54, 1.807) is 17.8 Å². The van der Waals surface area contributed by atoms with Crippen molar-refractivity contribution in [1.82, 2.24) is 5.32 Å². The molecule has 0 aromatic heterocycles. The molecule has 0 bridgehead atoms. The maximum atomic E-state index is 13.5. The van der Waals surface area contributed by atoms with Gasteiger partial charge in [0, 0.05) is 22.1 Å². The molecule has 5 heteroatoms. The smallest absolute Gasteiger partial charge is 0.220 e. The lowest BCUT2D eigenvalue weighted by atomic mass is 10.0. The molecule has 1 heterocycles. The summed E-state index contributed by atoms with van der Waals surface area (Å²) in [5.41, 5.74) is 1.97. The number of hydrogen-bond donors (Lipinski definition) is 1. The van der Waals surface area contributed by atoms with E-state index in [1.165, 1.54) is 12.1 Å². The van der Waals surface area contributed by atoms with Crippen molar-refractivity contribution in [2.75, 3.05) is 5.75 Å². The van der Waals surface area contributed by atoms with Gasteiger partial charge in [-0.3, -0.25) is 4.79 Å². The van der Waals surface area contributed by atoms with E-state index in [4.69, 9.17) is 11.6 Å². The second-order valence-corrected chi connectivity index (χ2v) is 7.14. The molecule has 1 amide bonds. The van der Waals surface area contributed by atoms with Crippen LogP contribution in [0.3, 0.4) is 0 Å².